The molecule has 0 saturated heterocycles. The summed E-state index contributed by atoms with van der Waals surface area (Å²) in [7, 11) is 4.50. The molecule has 0 fully saturated rings. The average molecular weight is 297 g/mol. The lowest BCUT2D eigenvalue weighted by atomic mass is 9.84. The van der Waals surface area contributed by atoms with E-state index in [9.17, 15) is 15.0 Å². The summed E-state index contributed by atoms with van der Waals surface area (Å²) in [5, 5.41) is 21.8. The second kappa shape index (κ2) is 5.79. The fraction of sp³-hybridized carbons (Fsp3) is 0.500. The van der Waals surface area contributed by atoms with Gasteiger partial charge < -0.3 is 24.4 Å². The molecule has 0 spiro atoms. The number of aliphatic hydroxyl groups is 1. The van der Waals surface area contributed by atoms with Gasteiger partial charge in [-0.3, -0.25) is 10.1 Å². The lowest BCUT2D eigenvalue weighted by Crippen LogP contribution is -2.58. The third kappa shape index (κ3) is 2.38. The van der Waals surface area contributed by atoms with E-state index in [1.54, 1.807) is 6.07 Å². The van der Waals surface area contributed by atoms with Crippen molar-refractivity contribution in [1.82, 2.24) is 5.32 Å². The number of carboxylic acids is 1. The Hall–Kier alpha value is -1.99. The number of methoxy groups -OCH3 is 3. The van der Waals surface area contributed by atoms with E-state index in [2.05, 4.69) is 5.32 Å². The molecule has 3 N–H and O–H groups in total. The van der Waals surface area contributed by atoms with Crippen LogP contribution in [0.1, 0.15) is 11.1 Å². The molecular weight excluding hydrogens is 278 g/mol. The lowest BCUT2D eigenvalue weighted by molar-refractivity contribution is -0.147. The van der Waals surface area contributed by atoms with Crippen LogP contribution in [0.4, 0.5) is 0 Å². The monoisotopic (exact) mass is 297 g/mol. The van der Waals surface area contributed by atoms with Crippen molar-refractivity contribution >= 4 is 5.97 Å². The lowest BCUT2D eigenvalue weighted by Gasteiger charge is -2.35. The number of hydrogen-bond donors (Lipinski definition) is 3. The van der Waals surface area contributed by atoms with E-state index in [1.165, 1.54) is 21.3 Å². The van der Waals surface area contributed by atoms with E-state index < -0.39 is 18.1 Å². The third-order valence-electron chi connectivity index (χ3n) is 3.80. The minimum atomic E-state index is -1.42. The Kier molecular flexibility index (Phi) is 4.24. The Bertz CT molecular complexity index is 559. The van der Waals surface area contributed by atoms with Crippen LogP contribution in [0.3, 0.4) is 0 Å². The van der Waals surface area contributed by atoms with Crippen molar-refractivity contribution in [3.63, 3.8) is 0 Å². The standard InChI is InChI=1S/C14H19NO6/c1-19-10-4-8-6-15-14(7-16,13(17)18)5-9(8)11(20-2)12(10)21-3/h4,15-16H,5-7H2,1-3H3,(H,17,18)/t14-/m1/s1. The van der Waals surface area contributed by atoms with Crippen LogP contribution in [-0.2, 0) is 17.8 Å². The maximum Gasteiger partial charge on any atom is 0.326 e. The number of nitrogens with one attached hydrogen (secondary N) is 1. The third-order valence-corrected chi connectivity index (χ3v) is 3.80. The highest BCUT2D eigenvalue weighted by atomic mass is 16.5. The number of carbonyl (C=O) groups is 1. The Morgan fingerprint density at radius 1 is 1.29 bits per heavy atom. The Morgan fingerprint density at radius 2 is 1.95 bits per heavy atom. The van der Waals surface area contributed by atoms with Crippen LogP contribution in [0.15, 0.2) is 6.07 Å². The minimum absolute atomic E-state index is 0.0949. The number of rotatable bonds is 5. The van der Waals surface area contributed by atoms with Crippen molar-refractivity contribution in [3.05, 3.63) is 17.2 Å². The van der Waals surface area contributed by atoms with Gasteiger partial charge in [0, 0.05) is 18.5 Å². The molecule has 0 bridgehead atoms. The Labute approximate surface area is 122 Å². The van der Waals surface area contributed by atoms with Crippen molar-refractivity contribution in [1.29, 1.82) is 0 Å². The van der Waals surface area contributed by atoms with Crippen LogP contribution in [0.25, 0.3) is 0 Å². The van der Waals surface area contributed by atoms with Gasteiger partial charge in [0.15, 0.2) is 11.5 Å². The molecule has 116 valence electrons. The molecule has 1 heterocycles. The van der Waals surface area contributed by atoms with Gasteiger partial charge in [0.25, 0.3) is 0 Å². The smallest absolute Gasteiger partial charge is 0.326 e. The summed E-state index contributed by atoms with van der Waals surface area (Å²) in [5.41, 5.74) is 0.139. The van der Waals surface area contributed by atoms with Gasteiger partial charge in [-0.15, -0.1) is 0 Å². The van der Waals surface area contributed by atoms with Crippen LogP contribution in [0.5, 0.6) is 17.2 Å². The molecule has 2 rings (SSSR count). The summed E-state index contributed by atoms with van der Waals surface area (Å²) in [6.07, 6.45) is 0.0949. The minimum Gasteiger partial charge on any atom is -0.493 e. The first kappa shape index (κ1) is 15.4. The van der Waals surface area contributed by atoms with E-state index in [-0.39, 0.29) is 6.42 Å². The van der Waals surface area contributed by atoms with E-state index in [1.807, 2.05) is 0 Å². The summed E-state index contributed by atoms with van der Waals surface area (Å²) in [5.74, 6) is 0.263. The molecule has 0 aromatic heterocycles. The van der Waals surface area contributed by atoms with Crippen LogP contribution in [0.2, 0.25) is 0 Å². The number of aliphatic hydroxyl groups excluding tert-OH is 1. The molecule has 1 aliphatic rings. The number of fused-ring (bicyclic) bond motifs is 1. The van der Waals surface area contributed by atoms with E-state index >= 15 is 0 Å². The summed E-state index contributed by atoms with van der Waals surface area (Å²) in [6.45, 7) is -0.224. The largest absolute Gasteiger partial charge is 0.493 e. The molecule has 0 amide bonds. The zero-order chi connectivity index (χ0) is 15.6. The summed E-state index contributed by atoms with van der Waals surface area (Å²) in [4.78, 5) is 11.5. The summed E-state index contributed by atoms with van der Waals surface area (Å²) in [6, 6.07) is 1.78. The van der Waals surface area contributed by atoms with Gasteiger partial charge in [-0.2, -0.15) is 0 Å². The van der Waals surface area contributed by atoms with Crippen LogP contribution in [-0.4, -0.2) is 49.7 Å². The van der Waals surface area contributed by atoms with Gasteiger partial charge in [0.2, 0.25) is 5.75 Å². The van der Waals surface area contributed by atoms with Crippen molar-refractivity contribution in [3.8, 4) is 17.2 Å². The second-order valence-corrected chi connectivity index (χ2v) is 4.86. The first-order valence-electron chi connectivity index (χ1n) is 6.43. The zero-order valence-corrected chi connectivity index (χ0v) is 12.2. The van der Waals surface area contributed by atoms with E-state index in [0.29, 0.717) is 29.4 Å². The van der Waals surface area contributed by atoms with Crippen molar-refractivity contribution in [2.24, 2.45) is 0 Å². The fourth-order valence-corrected chi connectivity index (χ4v) is 2.58. The van der Waals surface area contributed by atoms with Gasteiger partial charge in [-0.25, -0.2) is 0 Å². The molecule has 1 atom stereocenters. The topological polar surface area (TPSA) is 97.3 Å². The highest BCUT2D eigenvalue weighted by molar-refractivity contribution is 5.80. The van der Waals surface area contributed by atoms with Crippen LogP contribution in [0, 0.1) is 0 Å². The maximum absolute atomic E-state index is 11.5. The predicted molar refractivity (Wildman–Crippen MR) is 74.1 cm³/mol. The van der Waals surface area contributed by atoms with Crippen molar-refractivity contribution in [2.75, 3.05) is 27.9 Å². The molecule has 21 heavy (non-hydrogen) atoms. The normalized spacial score (nSPS) is 20.6. The van der Waals surface area contributed by atoms with Crippen LogP contribution >= 0.6 is 0 Å². The first-order valence-corrected chi connectivity index (χ1v) is 6.43. The SMILES string of the molecule is COc1cc2c(c(OC)c1OC)C[C@@](CO)(C(=O)O)NC2. The Morgan fingerprint density at radius 3 is 2.43 bits per heavy atom. The molecule has 7 nitrogen and oxygen atoms in total. The number of ether oxygens (including phenoxy) is 3. The summed E-state index contributed by atoms with van der Waals surface area (Å²) >= 11 is 0. The summed E-state index contributed by atoms with van der Waals surface area (Å²) < 4.78 is 16.0. The maximum atomic E-state index is 11.5. The average Bonchev–Trinajstić information content (AvgIpc) is 2.51. The van der Waals surface area contributed by atoms with Crippen LogP contribution < -0.4 is 19.5 Å². The molecule has 1 aromatic carbocycles. The highest BCUT2D eigenvalue weighted by Gasteiger charge is 2.43. The predicted octanol–water partition coefficient (Wildman–Crippen LogP) is 0.174. The van der Waals surface area contributed by atoms with Gasteiger partial charge in [-0.1, -0.05) is 0 Å². The second-order valence-electron chi connectivity index (χ2n) is 4.86. The van der Waals surface area contributed by atoms with E-state index in [0.717, 1.165) is 5.56 Å². The molecule has 7 heteroatoms. The number of hydrogen-bond acceptors (Lipinski definition) is 6. The Balaban J connectivity index is 2.59. The number of aliphatic carboxylic acids is 1. The highest BCUT2D eigenvalue weighted by Crippen LogP contribution is 2.44. The van der Waals surface area contributed by atoms with E-state index in [4.69, 9.17) is 14.2 Å². The molecule has 1 aliphatic heterocycles. The molecule has 0 radical (unpaired) electrons. The van der Waals surface area contributed by atoms with Crippen molar-refractivity contribution in [2.45, 2.75) is 18.5 Å². The zero-order valence-electron chi connectivity index (χ0n) is 12.2. The number of carboxylic acid groups (broad SMARTS) is 1. The van der Waals surface area contributed by atoms with Gasteiger partial charge in [0.1, 0.15) is 5.54 Å². The van der Waals surface area contributed by atoms with Crippen molar-refractivity contribution < 1.29 is 29.2 Å². The first-order chi connectivity index (χ1) is 10.0. The molecule has 0 saturated carbocycles. The molecular formula is C14H19NO6. The van der Waals surface area contributed by atoms with Gasteiger partial charge in [-0.05, 0) is 11.6 Å². The molecule has 0 unspecified atom stereocenters. The van der Waals surface area contributed by atoms with Gasteiger partial charge >= 0.3 is 5.97 Å². The molecule has 1 aromatic rings. The quantitative estimate of drug-likeness (QED) is 0.713. The van der Waals surface area contributed by atoms with Gasteiger partial charge in [0.05, 0.1) is 27.9 Å². The number of benzene rings is 1. The fourth-order valence-electron chi connectivity index (χ4n) is 2.58. The molecule has 0 aliphatic carbocycles.